The number of esters is 1. The zero-order chi connectivity index (χ0) is 14.5. The van der Waals surface area contributed by atoms with Gasteiger partial charge in [0.25, 0.3) is 0 Å². The van der Waals surface area contributed by atoms with Crippen LogP contribution in [-0.4, -0.2) is 25.7 Å². The van der Waals surface area contributed by atoms with Crippen LogP contribution in [0.2, 0.25) is 10.0 Å². The Kier molecular flexibility index (Phi) is 5.70. The fourth-order valence-electron chi connectivity index (χ4n) is 2.67. The molecule has 5 heteroatoms. The molecule has 3 nitrogen and oxygen atoms in total. The minimum absolute atomic E-state index is 0.0364. The average Bonchev–Trinajstić information content (AvgIpc) is 2.44. The summed E-state index contributed by atoms with van der Waals surface area (Å²) in [4.78, 5) is 12.0. The van der Waals surface area contributed by atoms with Gasteiger partial charge in [-0.2, -0.15) is 0 Å². The topological polar surface area (TPSA) is 38.3 Å². The van der Waals surface area contributed by atoms with Gasteiger partial charge in [0.2, 0.25) is 0 Å². The Morgan fingerprint density at radius 1 is 1.40 bits per heavy atom. The van der Waals surface area contributed by atoms with Crippen molar-refractivity contribution in [2.24, 2.45) is 11.8 Å². The van der Waals surface area contributed by atoms with Gasteiger partial charge in [0.05, 0.1) is 22.6 Å². The normalized spacial score (nSPS) is 22.6. The highest BCUT2D eigenvalue weighted by atomic mass is 35.5. The van der Waals surface area contributed by atoms with Crippen LogP contribution in [0.25, 0.3) is 0 Å². The third-order valence-electron chi connectivity index (χ3n) is 3.68. The Balaban J connectivity index is 2.08. The van der Waals surface area contributed by atoms with E-state index >= 15 is 0 Å². The lowest BCUT2D eigenvalue weighted by molar-refractivity contribution is -0.150. The molecule has 0 radical (unpaired) electrons. The highest BCUT2D eigenvalue weighted by Crippen LogP contribution is 2.28. The van der Waals surface area contributed by atoms with Gasteiger partial charge in [0, 0.05) is 0 Å². The van der Waals surface area contributed by atoms with Gasteiger partial charge in [-0.15, -0.1) is 0 Å². The molecule has 20 heavy (non-hydrogen) atoms. The maximum Gasteiger partial charge on any atom is 0.309 e. The minimum Gasteiger partial charge on any atom is -0.466 e. The molecule has 1 fully saturated rings. The number of rotatable bonds is 4. The second kappa shape index (κ2) is 7.30. The van der Waals surface area contributed by atoms with Gasteiger partial charge in [0.1, 0.15) is 0 Å². The summed E-state index contributed by atoms with van der Waals surface area (Å²) in [7, 11) is 0. The first kappa shape index (κ1) is 15.6. The summed E-state index contributed by atoms with van der Waals surface area (Å²) >= 11 is 12.0. The Morgan fingerprint density at radius 3 is 2.90 bits per heavy atom. The first-order chi connectivity index (χ1) is 9.61. The van der Waals surface area contributed by atoms with E-state index in [-0.39, 0.29) is 17.8 Å². The molecule has 0 saturated carbocycles. The summed E-state index contributed by atoms with van der Waals surface area (Å²) in [6.07, 6.45) is 1.62. The second-order valence-corrected chi connectivity index (χ2v) is 5.88. The molecular weight excluding hydrogens is 297 g/mol. The molecule has 1 saturated heterocycles. The molecule has 2 atom stereocenters. The van der Waals surface area contributed by atoms with Crippen LogP contribution >= 0.6 is 23.2 Å². The fraction of sp³-hybridized carbons (Fsp3) is 0.533. The van der Waals surface area contributed by atoms with Gasteiger partial charge < -0.3 is 10.1 Å². The van der Waals surface area contributed by atoms with Crippen molar-refractivity contribution in [1.82, 2.24) is 5.32 Å². The molecule has 0 spiro atoms. The summed E-state index contributed by atoms with van der Waals surface area (Å²) < 4.78 is 5.18. The van der Waals surface area contributed by atoms with E-state index in [1.54, 1.807) is 6.07 Å². The smallest absolute Gasteiger partial charge is 0.309 e. The molecule has 0 aromatic heterocycles. The predicted molar refractivity (Wildman–Crippen MR) is 81.3 cm³/mol. The summed E-state index contributed by atoms with van der Waals surface area (Å²) in [5, 5.41) is 4.45. The van der Waals surface area contributed by atoms with Crippen LogP contribution in [0.15, 0.2) is 18.2 Å². The number of carbonyl (C=O) groups is 1. The van der Waals surface area contributed by atoms with Gasteiger partial charge >= 0.3 is 5.97 Å². The van der Waals surface area contributed by atoms with E-state index in [1.165, 1.54) is 0 Å². The van der Waals surface area contributed by atoms with Gasteiger partial charge in [-0.1, -0.05) is 29.3 Å². The molecule has 1 aromatic rings. The zero-order valence-corrected chi connectivity index (χ0v) is 13.0. The number of carbonyl (C=O) groups excluding carboxylic acids is 1. The highest BCUT2D eigenvalue weighted by molar-refractivity contribution is 6.42. The van der Waals surface area contributed by atoms with E-state index in [1.807, 2.05) is 19.1 Å². The monoisotopic (exact) mass is 315 g/mol. The first-order valence-corrected chi connectivity index (χ1v) is 7.68. The highest BCUT2D eigenvalue weighted by Gasteiger charge is 2.31. The molecule has 1 aromatic carbocycles. The van der Waals surface area contributed by atoms with Crippen molar-refractivity contribution in [2.45, 2.75) is 19.8 Å². The van der Waals surface area contributed by atoms with Crippen molar-refractivity contribution in [1.29, 1.82) is 0 Å². The zero-order valence-electron chi connectivity index (χ0n) is 11.5. The van der Waals surface area contributed by atoms with Crippen molar-refractivity contribution >= 4 is 29.2 Å². The van der Waals surface area contributed by atoms with E-state index in [0.717, 1.165) is 31.5 Å². The van der Waals surface area contributed by atoms with Crippen LogP contribution in [0.1, 0.15) is 18.9 Å². The SMILES string of the molecule is CCOC(=O)C1CCNCC1Cc1ccc(Cl)c(Cl)c1. The largest absolute Gasteiger partial charge is 0.466 e. The molecule has 2 unspecified atom stereocenters. The molecule has 1 aliphatic rings. The van der Waals surface area contributed by atoms with E-state index in [0.29, 0.717) is 16.7 Å². The summed E-state index contributed by atoms with van der Waals surface area (Å²) in [6, 6.07) is 5.64. The Labute approximate surface area is 129 Å². The van der Waals surface area contributed by atoms with Gasteiger partial charge in [0.15, 0.2) is 0 Å². The first-order valence-electron chi connectivity index (χ1n) is 6.93. The van der Waals surface area contributed by atoms with Crippen LogP contribution in [0.5, 0.6) is 0 Å². The van der Waals surface area contributed by atoms with E-state index in [2.05, 4.69) is 5.32 Å². The van der Waals surface area contributed by atoms with Gasteiger partial charge in [-0.25, -0.2) is 0 Å². The quantitative estimate of drug-likeness (QED) is 0.866. The summed E-state index contributed by atoms with van der Waals surface area (Å²) in [6.45, 7) is 3.96. The molecule has 1 aliphatic heterocycles. The van der Waals surface area contributed by atoms with E-state index < -0.39 is 0 Å². The third kappa shape index (κ3) is 3.87. The lowest BCUT2D eigenvalue weighted by Crippen LogP contribution is -2.41. The lowest BCUT2D eigenvalue weighted by Gasteiger charge is -2.30. The number of hydrogen-bond acceptors (Lipinski definition) is 3. The Morgan fingerprint density at radius 2 is 2.20 bits per heavy atom. The molecule has 2 rings (SSSR count). The van der Waals surface area contributed by atoms with Crippen LogP contribution in [-0.2, 0) is 16.0 Å². The summed E-state index contributed by atoms with van der Waals surface area (Å²) in [5.74, 6) is 0.116. The number of benzene rings is 1. The van der Waals surface area contributed by atoms with E-state index in [9.17, 15) is 4.79 Å². The summed E-state index contributed by atoms with van der Waals surface area (Å²) in [5.41, 5.74) is 1.10. The van der Waals surface area contributed by atoms with Crippen LogP contribution in [0, 0.1) is 11.8 Å². The van der Waals surface area contributed by atoms with Crippen molar-refractivity contribution in [3.63, 3.8) is 0 Å². The molecule has 0 aliphatic carbocycles. The number of nitrogens with one attached hydrogen (secondary N) is 1. The molecule has 1 N–H and O–H groups in total. The molecular formula is C15H19Cl2NO2. The third-order valence-corrected chi connectivity index (χ3v) is 4.42. The van der Waals surface area contributed by atoms with Crippen molar-refractivity contribution < 1.29 is 9.53 Å². The number of ether oxygens (including phenoxy) is 1. The van der Waals surface area contributed by atoms with Crippen LogP contribution in [0.4, 0.5) is 0 Å². The Bertz CT molecular complexity index is 479. The maximum absolute atomic E-state index is 12.0. The van der Waals surface area contributed by atoms with Crippen LogP contribution in [0.3, 0.4) is 0 Å². The molecule has 0 bridgehead atoms. The second-order valence-electron chi connectivity index (χ2n) is 5.06. The fourth-order valence-corrected chi connectivity index (χ4v) is 2.99. The van der Waals surface area contributed by atoms with Crippen molar-refractivity contribution in [3.8, 4) is 0 Å². The van der Waals surface area contributed by atoms with Crippen LogP contribution < -0.4 is 5.32 Å². The maximum atomic E-state index is 12.0. The van der Waals surface area contributed by atoms with Crippen molar-refractivity contribution in [3.05, 3.63) is 33.8 Å². The molecule has 1 heterocycles. The minimum atomic E-state index is -0.0842. The van der Waals surface area contributed by atoms with E-state index in [4.69, 9.17) is 27.9 Å². The number of hydrogen-bond donors (Lipinski definition) is 1. The number of piperidine rings is 1. The average molecular weight is 316 g/mol. The van der Waals surface area contributed by atoms with Crippen molar-refractivity contribution in [2.75, 3.05) is 19.7 Å². The standard InChI is InChI=1S/C15H19Cl2NO2/c1-2-20-15(19)12-5-6-18-9-11(12)7-10-3-4-13(16)14(17)8-10/h3-4,8,11-12,18H,2,5-7,9H2,1H3. The lowest BCUT2D eigenvalue weighted by atomic mass is 9.82. The molecule has 110 valence electrons. The van der Waals surface area contributed by atoms with Gasteiger partial charge in [-0.3, -0.25) is 4.79 Å². The van der Waals surface area contributed by atoms with Gasteiger partial charge in [-0.05, 0) is 56.5 Å². The number of halogens is 2. The Hall–Kier alpha value is -0.770. The molecule has 0 amide bonds. The predicted octanol–water partition coefficient (Wildman–Crippen LogP) is 3.32.